The Labute approximate surface area is 307 Å². The fraction of sp³-hybridized carbons (Fsp3) is 0.400. The molecule has 2 aromatic carbocycles. The summed E-state index contributed by atoms with van der Waals surface area (Å²) in [5.74, 6) is -1.64. The van der Waals surface area contributed by atoms with Crippen molar-refractivity contribution in [1.82, 2.24) is 20.1 Å². The van der Waals surface area contributed by atoms with Crippen LogP contribution in [-0.4, -0.2) is 87.5 Å². The average Bonchev–Trinajstić information content (AvgIpc) is 3.87. The number of thiophene rings is 1. The molecule has 1 aliphatic heterocycles. The van der Waals surface area contributed by atoms with E-state index in [9.17, 15) is 32.5 Å². The Morgan fingerprint density at radius 3 is 2.37 bits per heavy atom. The summed E-state index contributed by atoms with van der Waals surface area (Å²) < 4.78 is 40.6. The van der Waals surface area contributed by atoms with Crippen LogP contribution in [0.4, 0.5) is 14.5 Å². The average molecular weight is 776 g/mol. The number of thiazole rings is 1. The van der Waals surface area contributed by atoms with E-state index >= 15 is 0 Å². The zero-order valence-electron chi connectivity index (χ0n) is 29.2. The zero-order valence-corrected chi connectivity index (χ0v) is 31.7. The van der Waals surface area contributed by atoms with Crippen molar-refractivity contribution in [3.63, 3.8) is 0 Å². The molecule has 0 radical (unpaired) electrons. The Hall–Kier alpha value is -4.08. The van der Waals surface area contributed by atoms with Crippen molar-refractivity contribution in [2.75, 3.05) is 32.1 Å². The second kappa shape index (κ2) is 15.1. The molecule has 12 nitrogen and oxygen atoms in total. The van der Waals surface area contributed by atoms with E-state index in [0.29, 0.717) is 23.2 Å². The quantitative estimate of drug-likeness (QED) is 0.159. The van der Waals surface area contributed by atoms with Gasteiger partial charge in [0, 0.05) is 66.7 Å². The molecule has 1 unspecified atom stereocenters. The molecule has 1 aliphatic rings. The summed E-state index contributed by atoms with van der Waals surface area (Å²) in [4.78, 5) is 82.0. The summed E-state index contributed by atoms with van der Waals surface area (Å²) in [6, 6.07) is 9.74. The highest BCUT2D eigenvalue weighted by atomic mass is 32.1. The molecule has 4 aromatic rings. The maximum absolute atomic E-state index is 14.4. The van der Waals surface area contributed by atoms with Crippen molar-refractivity contribution in [2.45, 2.75) is 57.8 Å². The standard InChI is InChI=1S/C35H40F2N5O7PS2/c1-34(2,3)29(39-30(44)27-20-22-19-23(10-13-26(22)52-27)35(36,37)50(47,48)49)33(46)42-16-6-7-25(42)32(45)41(17-14-28(43)40(4)5)24-11-8-21(9-12-24)31-38-15-18-51-31/h8-13,15,18-20,25,29H,6-7,14,16-17H2,1-5H3,(H,39,44)(H2,47,48,49)/t25-,29?/m0/s1. The van der Waals surface area contributed by atoms with E-state index in [-0.39, 0.29) is 41.6 Å². The number of alkyl halides is 2. The third kappa shape index (κ3) is 8.26. The number of carbonyl (C=O) groups excluding carboxylic acids is 4. The molecular formula is C35H40F2N5O7PS2. The first-order chi connectivity index (χ1) is 24.3. The van der Waals surface area contributed by atoms with Gasteiger partial charge in [-0.15, -0.1) is 22.7 Å². The molecular weight excluding hydrogens is 736 g/mol. The Morgan fingerprint density at radius 2 is 1.77 bits per heavy atom. The number of nitrogens with zero attached hydrogens (tertiary/aromatic N) is 4. The molecule has 3 N–H and O–H groups in total. The number of hydrogen-bond donors (Lipinski definition) is 3. The van der Waals surface area contributed by atoms with Crippen molar-refractivity contribution in [1.29, 1.82) is 0 Å². The highest BCUT2D eigenvalue weighted by Gasteiger charge is 2.50. The van der Waals surface area contributed by atoms with Gasteiger partial charge < -0.3 is 29.8 Å². The smallest absolute Gasteiger partial charge is 0.349 e. The molecule has 278 valence electrons. The Kier molecular flexibility index (Phi) is 11.4. The van der Waals surface area contributed by atoms with E-state index in [1.807, 2.05) is 17.5 Å². The van der Waals surface area contributed by atoms with E-state index in [0.717, 1.165) is 34.0 Å². The van der Waals surface area contributed by atoms with Gasteiger partial charge in [-0.2, -0.15) is 8.78 Å². The van der Waals surface area contributed by atoms with E-state index in [4.69, 9.17) is 9.79 Å². The molecule has 4 amide bonds. The topological polar surface area (TPSA) is 160 Å². The van der Waals surface area contributed by atoms with Crippen molar-refractivity contribution in [3.8, 4) is 10.6 Å². The van der Waals surface area contributed by atoms with Crippen LogP contribution in [-0.2, 0) is 24.6 Å². The minimum absolute atomic E-state index is 0.0575. The summed E-state index contributed by atoms with van der Waals surface area (Å²) in [6.07, 6.45) is 2.68. The van der Waals surface area contributed by atoms with Crippen molar-refractivity contribution in [3.05, 3.63) is 70.5 Å². The molecule has 52 heavy (non-hydrogen) atoms. The molecule has 0 aliphatic carbocycles. The Balaban J connectivity index is 1.39. The Morgan fingerprint density at radius 1 is 1.08 bits per heavy atom. The van der Waals surface area contributed by atoms with Gasteiger partial charge in [0.25, 0.3) is 5.91 Å². The molecule has 1 saturated heterocycles. The fourth-order valence-corrected chi connectivity index (χ4v) is 8.01. The minimum atomic E-state index is -5.80. The second-order valence-corrected chi connectivity index (χ2v) is 17.5. The second-order valence-electron chi connectivity index (χ2n) is 13.8. The molecule has 3 heterocycles. The molecule has 2 aromatic heterocycles. The first-order valence-corrected chi connectivity index (χ1v) is 19.7. The van der Waals surface area contributed by atoms with Crippen LogP contribution in [0.3, 0.4) is 0 Å². The van der Waals surface area contributed by atoms with Crippen molar-refractivity contribution in [2.24, 2.45) is 5.41 Å². The lowest BCUT2D eigenvalue weighted by Crippen LogP contribution is -2.58. The summed E-state index contributed by atoms with van der Waals surface area (Å²) in [5, 5.41) is 5.66. The monoisotopic (exact) mass is 775 g/mol. The summed E-state index contributed by atoms with van der Waals surface area (Å²) in [7, 11) is -2.53. The lowest BCUT2D eigenvalue weighted by Gasteiger charge is -2.36. The van der Waals surface area contributed by atoms with Gasteiger partial charge in [0.1, 0.15) is 17.1 Å². The third-order valence-corrected chi connectivity index (χ3v) is 11.8. The molecule has 17 heteroatoms. The van der Waals surface area contributed by atoms with Crippen LogP contribution >= 0.6 is 30.3 Å². The lowest BCUT2D eigenvalue weighted by atomic mass is 9.85. The SMILES string of the molecule is CN(C)C(=O)CCN(C(=O)[C@@H]1CCCN1C(=O)C(NC(=O)c1cc2cc(C(F)(F)P(=O)(O)O)ccc2s1)C(C)(C)C)c1ccc(-c2nccs2)cc1. The van der Waals surface area contributed by atoms with E-state index in [2.05, 4.69) is 10.3 Å². The molecule has 0 saturated carbocycles. The number of amides is 4. The third-order valence-electron chi connectivity index (χ3n) is 8.83. The number of fused-ring (bicyclic) bond motifs is 1. The van der Waals surface area contributed by atoms with Crippen molar-refractivity contribution >= 4 is 69.7 Å². The van der Waals surface area contributed by atoms with E-state index in [1.54, 1.807) is 53.2 Å². The van der Waals surface area contributed by atoms with Crippen LogP contribution in [0.15, 0.2) is 60.1 Å². The molecule has 0 spiro atoms. The number of hydrogen-bond acceptors (Lipinski definition) is 8. The van der Waals surface area contributed by atoms with Crippen LogP contribution in [0.1, 0.15) is 55.3 Å². The van der Waals surface area contributed by atoms with Gasteiger partial charge in [-0.25, -0.2) is 4.98 Å². The molecule has 1 fully saturated rings. The number of benzene rings is 2. The number of halogens is 2. The normalized spacial score (nSPS) is 15.8. The van der Waals surface area contributed by atoms with Crippen LogP contribution < -0.4 is 10.2 Å². The first-order valence-electron chi connectivity index (χ1n) is 16.4. The summed E-state index contributed by atoms with van der Waals surface area (Å²) in [5.41, 5.74) is -4.69. The highest BCUT2D eigenvalue weighted by molar-refractivity contribution is 7.52. The molecule has 2 atom stereocenters. The van der Waals surface area contributed by atoms with Gasteiger partial charge >= 0.3 is 13.3 Å². The number of nitrogens with one attached hydrogen (secondary N) is 1. The highest BCUT2D eigenvalue weighted by Crippen LogP contribution is 2.59. The van der Waals surface area contributed by atoms with Gasteiger partial charge in [0.15, 0.2) is 0 Å². The van der Waals surface area contributed by atoms with E-state index < -0.39 is 48.1 Å². The number of rotatable bonds is 11. The number of aromatic nitrogens is 1. The maximum atomic E-state index is 14.4. The predicted octanol–water partition coefficient (Wildman–Crippen LogP) is 5.90. The van der Waals surface area contributed by atoms with Gasteiger partial charge in [-0.05, 0) is 66.1 Å². The lowest BCUT2D eigenvalue weighted by molar-refractivity contribution is -0.141. The summed E-state index contributed by atoms with van der Waals surface area (Å²) in [6.45, 7) is 5.66. The first kappa shape index (κ1) is 39.1. The van der Waals surface area contributed by atoms with Crippen LogP contribution in [0.2, 0.25) is 0 Å². The number of carbonyl (C=O) groups is 4. The minimum Gasteiger partial charge on any atom is -0.349 e. The van der Waals surface area contributed by atoms with Crippen molar-refractivity contribution < 1.29 is 42.3 Å². The fourth-order valence-electron chi connectivity index (χ4n) is 5.94. The van der Waals surface area contributed by atoms with Gasteiger partial charge in [0.05, 0.1) is 4.88 Å². The summed E-state index contributed by atoms with van der Waals surface area (Å²) >= 11 is 2.45. The maximum Gasteiger partial charge on any atom is 0.399 e. The predicted molar refractivity (Wildman–Crippen MR) is 196 cm³/mol. The van der Waals surface area contributed by atoms with E-state index in [1.165, 1.54) is 38.2 Å². The number of likely N-dealkylation sites (tertiary alicyclic amines) is 1. The van der Waals surface area contributed by atoms with Gasteiger partial charge in [-0.1, -0.05) is 26.8 Å². The Bertz CT molecular complexity index is 2010. The van der Waals surface area contributed by atoms with Gasteiger partial charge in [-0.3, -0.25) is 23.7 Å². The largest absolute Gasteiger partial charge is 0.399 e. The zero-order chi connectivity index (χ0) is 38.2. The molecule has 5 rings (SSSR count). The van der Waals surface area contributed by atoms with Crippen LogP contribution in [0.25, 0.3) is 20.7 Å². The molecule has 0 bridgehead atoms. The van der Waals surface area contributed by atoms with Crippen LogP contribution in [0.5, 0.6) is 0 Å². The number of anilines is 1. The van der Waals surface area contributed by atoms with Gasteiger partial charge in [0.2, 0.25) is 17.7 Å². The van der Waals surface area contributed by atoms with Crippen LogP contribution in [0, 0.1) is 5.41 Å².